The smallest absolute Gasteiger partial charge is 0.250 e. The van der Waals surface area contributed by atoms with E-state index in [-0.39, 0.29) is 34.7 Å². The molecule has 1 amide bonds. The Hall–Kier alpha value is -2.30. The first kappa shape index (κ1) is 21.9. The van der Waals surface area contributed by atoms with E-state index in [0.717, 1.165) is 6.42 Å². The van der Waals surface area contributed by atoms with Crippen LogP contribution in [0.2, 0.25) is 0 Å². The highest BCUT2D eigenvalue weighted by Gasteiger charge is 2.40. The Morgan fingerprint density at radius 1 is 1.16 bits per heavy atom. The van der Waals surface area contributed by atoms with Gasteiger partial charge in [0.1, 0.15) is 5.75 Å². The van der Waals surface area contributed by atoms with Crippen molar-refractivity contribution in [3.63, 3.8) is 0 Å². The number of nitrogens with zero attached hydrogens (tertiary/aromatic N) is 2. The Morgan fingerprint density at radius 2 is 1.90 bits per heavy atom. The van der Waals surface area contributed by atoms with Gasteiger partial charge >= 0.3 is 0 Å². The van der Waals surface area contributed by atoms with Crippen LogP contribution in [0.1, 0.15) is 18.0 Å². The lowest BCUT2D eigenvalue weighted by molar-refractivity contribution is -0.113. The molecule has 10 heteroatoms. The number of methoxy groups -OCH3 is 1. The van der Waals surface area contributed by atoms with Gasteiger partial charge in [0.15, 0.2) is 0 Å². The van der Waals surface area contributed by atoms with Gasteiger partial charge in [0.2, 0.25) is 15.9 Å². The third kappa shape index (κ3) is 4.24. The number of fused-ring (bicyclic) bond motifs is 4. The number of benzene rings is 1. The predicted octanol–water partition coefficient (Wildman–Crippen LogP) is 1.97. The summed E-state index contributed by atoms with van der Waals surface area (Å²) in [7, 11) is -2.15. The zero-order chi connectivity index (χ0) is 22.2. The molecular formula is C21H25N3O5S2. The first-order chi connectivity index (χ1) is 14.8. The maximum atomic E-state index is 13.3. The number of hydrogen-bond donors (Lipinski definition) is 1. The fourth-order valence-corrected chi connectivity index (χ4v) is 6.38. The van der Waals surface area contributed by atoms with Crippen LogP contribution in [-0.2, 0) is 21.4 Å². The molecule has 1 aromatic heterocycles. The molecule has 2 aromatic rings. The van der Waals surface area contributed by atoms with Gasteiger partial charge < -0.3 is 14.6 Å². The van der Waals surface area contributed by atoms with Gasteiger partial charge in [-0.2, -0.15) is 16.1 Å². The third-order valence-electron chi connectivity index (χ3n) is 5.80. The van der Waals surface area contributed by atoms with Crippen LogP contribution in [0.25, 0.3) is 0 Å². The number of pyridine rings is 1. The quantitative estimate of drug-likeness (QED) is 0.703. The number of thioether (sulfide) groups is 1. The van der Waals surface area contributed by atoms with Crippen molar-refractivity contribution in [3.05, 3.63) is 52.4 Å². The van der Waals surface area contributed by atoms with Crippen molar-refractivity contribution in [2.75, 3.05) is 37.5 Å². The number of hydrogen-bond acceptors (Lipinski definition) is 6. The summed E-state index contributed by atoms with van der Waals surface area (Å²) in [5, 5.41) is 2.90. The molecule has 31 heavy (non-hydrogen) atoms. The molecule has 2 aliphatic rings. The van der Waals surface area contributed by atoms with Crippen molar-refractivity contribution in [1.29, 1.82) is 0 Å². The van der Waals surface area contributed by atoms with Gasteiger partial charge in [0, 0.05) is 37.3 Å². The molecule has 2 bridgehead atoms. The molecule has 0 aliphatic carbocycles. The molecule has 2 unspecified atom stereocenters. The molecule has 166 valence electrons. The van der Waals surface area contributed by atoms with Gasteiger partial charge in [-0.05, 0) is 48.9 Å². The highest BCUT2D eigenvalue weighted by Crippen LogP contribution is 2.40. The number of carbonyl (C=O) groups is 1. The van der Waals surface area contributed by atoms with Crippen molar-refractivity contribution in [3.8, 4) is 5.75 Å². The molecule has 0 saturated carbocycles. The molecule has 4 rings (SSSR count). The minimum absolute atomic E-state index is 0.0362. The van der Waals surface area contributed by atoms with E-state index in [2.05, 4.69) is 5.32 Å². The minimum atomic E-state index is -3.69. The van der Waals surface area contributed by atoms with E-state index in [1.165, 1.54) is 29.2 Å². The Morgan fingerprint density at radius 3 is 2.58 bits per heavy atom. The summed E-state index contributed by atoms with van der Waals surface area (Å²) in [6.07, 6.45) is 2.63. The van der Waals surface area contributed by atoms with Gasteiger partial charge in [-0.25, -0.2) is 8.42 Å². The van der Waals surface area contributed by atoms with E-state index in [1.807, 2.05) is 6.26 Å². The molecule has 0 spiro atoms. The average molecular weight is 464 g/mol. The Labute approximate surface area is 185 Å². The van der Waals surface area contributed by atoms with Crippen LogP contribution in [0.3, 0.4) is 0 Å². The zero-order valence-corrected chi connectivity index (χ0v) is 19.0. The van der Waals surface area contributed by atoms with Crippen LogP contribution < -0.4 is 15.6 Å². The second kappa shape index (κ2) is 8.68. The highest BCUT2D eigenvalue weighted by atomic mass is 32.2. The van der Waals surface area contributed by atoms with Gasteiger partial charge in [-0.3, -0.25) is 9.59 Å². The normalized spacial score (nSPS) is 20.7. The molecule has 1 aromatic carbocycles. The predicted molar refractivity (Wildman–Crippen MR) is 120 cm³/mol. The van der Waals surface area contributed by atoms with E-state index in [1.54, 1.807) is 34.9 Å². The lowest BCUT2D eigenvalue weighted by Crippen LogP contribution is -2.49. The number of nitrogens with one attached hydrogen (secondary N) is 1. The molecular weight excluding hydrogens is 438 g/mol. The van der Waals surface area contributed by atoms with Crippen molar-refractivity contribution >= 4 is 33.4 Å². The topological polar surface area (TPSA) is 97.7 Å². The molecule has 0 radical (unpaired) electrons. The third-order valence-corrected chi connectivity index (χ3v) is 8.20. The average Bonchev–Trinajstić information content (AvgIpc) is 2.75. The Balaban J connectivity index is 1.66. The minimum Gasteiger partial charge on any atom is -0.497 e. The van der Waals surface area contributed by atoms with Crippen molar-refractivity contribution < 1.29 is 17.9 Å². The number of rotatable bonds is 6. The first-order valence-electron chi connectivity index (χ1n) is 10.00. The lowest BCUT2D eigenvalue weighted by atomic mass is 9.83. The summed E-state index contributed by atoms with van der Waals surface area (Å²) in [5.74, 6) is 0.625. The summed E-state index contributed by atoms with van der Waals surface area (Å²) in [4.78, 5) is 24.9. The van der Waals surface area contributed by atoms with E-state index in [4.69, 9.17) is 4.74 Å². The van der Waals surface area contributed by atoms with Gasteiger partial charge in [-0.1, -0.05) is 0 Å². The second-order valence-corrected chi connectivity index (χ2v) is 10.7. The molecule has 1 N–H and O–H groups in total. The fourth-order valence-electron chi connectivity index (χ4n) is 4.49. The van der Waals surface area contributed by atoms with Gasteiger partial charge in [0.05, 0.1) is 23.4 Å². The Bertz CT molecular complexity index is 1140. The van der Waals surface area contributed by atoms with E-state index in [9.17, 15) is 18.0 Å². The number of carbonyl (C=O) groups excluding carboxylic acids is 1. The van der Waals surface area contributed by atoms with Crippen molar-refractivity contribution in [2.45, 2.75) is 23.8 Å². The van der Waals surface area contributed by atoms with Crippen LogP contribution in [-0.4, -0.2) is 55.4 Å². The zero-order valence-electron chi connectivity index (χ0n) is 17.4. The van der Waals surface area contributed by atoms with Crippen LogP contribution in [0.15, 0.2) is 46.1 Å². The van der Waals surface area contributed by atoms with E-state index in [0.29, 0.717) is 36.0 Å². The number of aromatic nitrogens is 1. The SMILES string of the molecule is COc1ccc(S(=O)(=O)N2CC3CC(C2)c2c(NC(=O)CSC)ccc(=O)n2C3)cc1. The lowest BCUT2D eigenvalue weighted by Gasteiger charge is -2.42. The number of piperidine rings is 1. The van der Waals surface area contributed by atoms with Crippen LogP contribution in [0.5, 0.6) is 5.75 Å². The second-order valence-electron chi connectivity index (χ2n) is 7.86. The monoisotopic (exact) mass is 463 g/mol. The molecule has 1 fully saturated rings. The molecule has 8 nitrogen and oxygen atoms in total. The fraction of sp³-hybridized carbons (Fsp3) is 0.429. The summed E-state index contributed by atoms with van der Waals surface area (Å²) in [6, 6.07) is 9.45. The Kier molecular flexibility index (Phi) is 6.14. The van der Waals surface area contributed by atoms with Crippen molar-refractivity contribution in [1.82, 2.24) is 8.87 Å². The van der Waals surface area contributed by atoms with Crippen LogP contribution in [0.4, 0.5) is 5.69 Å². The van der Waals surface area contributed by atoms with E-state index < -0.39 is 10.0 Å². The molecule has 2 atom stereocenters. The maximum Gasteiger partial charge on any atom is 0.250 e. The van der Waals surface area contributed by atoms with Crippen LogP contribution in [0, 0.1) is 5.92 Å². The van der Waals surface area contributed by atoms with Gasteiger partial charge in [-0.15, -0.1) is 0 Å². The highest BCUT2D eigenvalue weighted by molar-refractivity contribution is 7.99. The largest absolute Gasteiger partial charge is 0.497 e. The summed E-state index contributed by atoms with van der Waals surface area (Å²) < 4.78 is 34.9. The molecule has 2 aliphatic heterocycles. The number of ether oxygens (including phenoxy) is 1. The number of sulfonamides is 1. The van der Waals surface area contributed by atoms with Crippen molar-refractivity contribution in [2.24, 2.45) is 5.92 Å². The molecule has 3 heterocycles. The van der Waals surface area contributed by atoms with Crippen LogP contribution >= 0.6 is 11.8 Å². The van der Waals surface area contributed by atoms with Gasteiger partial charge in [0.25, 0.3) is 5.56 Å². The summed E-state index contributed by atoms with van der Waals surface area (Å²) in [5.41, 5.74) is 1.18. The number of anilines is 1. The summed E-state index contributed by atoms with van der Waals surface area (Å²) in [6.45, 7) is 1.06. The maximum absolute atomic E-state index is 13.3. The first-order valence-corrected chi connectivity index (χ1v) is 12.8. The standard InChI is InChI=1S/C21H25N3O5S2/c1-29-16-3-5-17(6-4-16)31(27,28)23-10-14-9-15(12-23)21-18(22-19(25)13-30-2)7-8-20(26)24(21)11-14/h3-8,14-15H,9-13H2,1-2H3,(H,22,25). The van der Waals surface area contributed by atoms with E-state index >= 15 is 0 Å². The summed E-state index contributed by atoms with van der Waals surface area (Å²) >= 11 is 1.41. The molecule has 1 saturated heterocycles. The number of amides is 1.